The van der Waals surface area contributed by atoms with Crippen molar-refractivity contribution in [3.8, 4) is 5.75 Å². The van der Waals surface area contributed by atoms with Gasteiger partial charge in [-0.05, 0) is 42.0 Å². The Morgan fingerprint density at radius 1 is 1.28 bits per heavy atom. The molecule has 0 N–H and O–H groups in total. The molecule has 0 aromatic heterocycles. The fourth-order valence-corrected chi connectivity index (χ4v) is 2.13. The maximum Gasteiger partial charge on any atom is 0.308 e. The van der Waals surface area contributed by atoms with E-state index in [2.05, 4.69) is 26.8 Å². The Bertz CT molecular complexity index is 394. The molecular weight excluding hydrogens is 224 g/mol. The van der Waals surface area contributed by atoms with Gasteiger partial charge < -0.3 is 4.74 Å². The van der Waals surface area contributed by atoms with Crippen LogP contribution in [0.5, 0.6) is 5.75 Å². The van der Waals surface area contributed by atoms with E-state index < -0.39 is 0 Å². The predicted molar refractivity (Wildman–Crippen MR) is 75.1 cm³/mol. The summed E-state index contributed by atoms with van der Waals surface area (Å²) in [4.78, 5) is 11.0. The standard InChI is InChI=1S/C16H24O2/c1-5-6-7-8-14-9-10-15(18-13(4)17)11-16(14)12(2)3/h9-12H,5-8H2,1-4H3. The second-order valence-corrected chi connectivity index (χ2v) is 5.07. The van der Waals surface area contributed by atoms with Crippen molar-refractivity contribution in [3.63, 3.8) is 0 Å². The summed E-state index contributed by atoms with van der Waals surface area (Å²) in [6.45, 7) is 8.00. The summed E-state index contributed by atoms with van der Waals surface area (Å²) in [6, 6.07) is 6.01. The van der Waals surface area contributed by atoms with Crippen molar-refractivity contribution < 1.29 is 9.53 Å². The van der Waals surface area contributed by atoms with E-state index in [1.165, 1.54) is 37.3 Å². The molecule has 0 aliphatic carbocycles. The van der Waals surface area contributed by atoms with Gasteiger partial charge in [0.25, 0.3) is 0 Å². The molecule has 0 saturated heterocycles. The summed E-state index contributed by atoms with van der Waals surface area (Å²) in [6.07, 6.45) is 4.84. The summed E-state index contributed by atoms with van der Waals surface area (Å²) in [5.41, 5.74) is 2.68. The molecular formula is C16H24O2. The van der Waals surface area contributed by atoms with Crippen molar-refractivity contribution in [2.24, 2.45) is 0 Å². The fraction of sp³-hybridized carbons (Fsp3) is 0.562. The minimum atomic E-state index is -0.261. The van der Waals surface area contributed by atoms with Crippen LogP contribution in [0.4, 0.5) is 0 Å². The summed E-state index contributed by atoms with van der Waals surface area (Å²) < 4.78 is 5.15. The van der Waals surface area contributed by atoms with Crippen LogP contribution in [0.2, 0.25) is 0 Å². The van der Waals surface area contributed by atoms with Gasteiger partial charge in [-0.3, -0.25) is 4.79 Å². The van der Waals surface area contributed by atoms with Crippen molar-refractivity contribution in [2.75, 3.05) is 0 Å². The first-order chi connectivity index (χ1) is 8.54. The number of aryl methyl sites for hydroxylation is 1. The van der Waals surface area contributed by atoms with Crippen molar-refractivity contribution in [2.45, 2.75) is 59.3 Å². The Kier molecular flexibility index (Phi) is 5.90. The number of hydrogen-bond donors (Lipinski definition) is 0. The first-order valence-electron chi connectivity index (χ1n) is 6.85. The summed E-state index contributed by atoms with van der Waals surface area (Å²) in [7, 11) is 0. The largest absolute Gasteiger partial charge is 0.427 e. The highest BCUT2D eigenvalue weighted by molar-refractivity contribution is 5.69. The first-order valence-corrected chi connectivity index (χ1v) is 6.85. The molecule has 0 fully saturated rings. The molecule has 0 aliphatic rings. The third-order valence-corrected chi connectivity index (χ3v) is 3.05. The molecule has 0 saturated carbocycles. The van der Waals surface area contributed by atoms with E-state index in [1.54, 1.807) is 0 Å². The fourth-order valence-electron chi connectivity index (χ4n) is 2.13. The Morgan fingerprint density at radius 3 is 2.56 bits per heavy atom. The van der Waals surface area contributed by atoms with Gasteiger partial charge in [0.1, 0.15) is 5.75 Å². The monoisotopic (exact) mass is 248 g/mol. The molecule has 2 heteroatoms. The van der Waals surface area contributed by atoms with Crippen molar-refractivity contribution in [1.82, 2.24) is 0 Å². The van der Waals surface area contributed by atoms with Gasteiger partial charge in [-0.15, -0.1) is 0 Å². The quantitative estimate of drug-likeness (QED) is 0.422. The smallest absolute Gasteiger partial charge is 0.308 e. The number of carbonyl (C=O) groups excluding carboxylic acids is 1. The van der Waals surface area contributed by atoms with Gasteiger partial charge in [-0.2, -0.15) is 0 Å². The topological polar surface area (TPSA) is 26.3 Å². The lowest BCUT2D eigenvalue weighted by Crippen LogP contribution is -2.04. The lowest BCUT2D eigenvalue weighted by molar-refractivity contribution is -0.131. The number of ether oxygens (including phenoxy) is 1. The van der Waals surface area contributed by atoms with E-state index >= 15 is 0 Å². The number of carbonyl (C=O) groups is 1. The van der Waals surface area contributed by atoms with Crippen LogP contribution >= 0.6 is 0 Å². The van der Waals surface area contributed by atoms with Gasteiger partial charge in [0, 0.05) is 6.92 Å². The number of rotatable bonds is 6. The van der Waals surface area contributed by atoms with E-state index in [0.29, 0.717) is 11.7 Å². The third kappa shape index (κ3) is 4.52. The lowest BCUT2D eigenvalue weighted by Gasteiger charge is -2.14. The Labute approximate surface area is 110 Å². The normalized spacial score (nSPS) is 10.7. The van der Waals surface area contributed by atoms with E-state index in [0.717, 1.165) is 6.42 Å². The maximum absolute atomic E-state index is 11.0. The second kappa shape index (κ2) is 7.20. The van der Waals surface area contributed by atoms with Gasteiger partial charge in [0.15, 0.2) is 0 Å². The zero-order valence-electron chi connectivity index (χ0n) is 12.0. The van der Waals surface area contributed by atoms with E-state index in [1.807, 2.05) is 12.1 Å². The Morgan fingerprint density at radius 2 is 2.00 bits per heavy atom. The Hall–Kier alpha value is -1.31. The van der Waals surface area contributed by atoms with E-state index in [-0.39, 0.29) is 5.97 Å². The molecule has 1 aromatic carbocycles. The number of benzene rings is 1. The van der Waals surface area contributed by atoms with E-state index in [4.69, 9.17) is 4.74 Å². The molecule has 0 unspecified atom stereocenters. The van der Waals surface area contributed by atoms with Gasteiger partial charge in [-0.1, -0.05) is 39.7 Å². The molecule has 1 aromatic rings. The number of esters is 1. The SMILES string of the molecule is CCCCCc1ccc(OC(C)=O)cc1C(C)C. The van der Waals surface area contributed by atoms with Crippen LogP contribution in [0.1, 0.15) is 64.0 Å². The van der Waals surface area contributed by atoms with Crippen LogP contribution in [0.15, 0.2) is 18.2 Å². The van der Waals surface area contributed by atoms with Gasteiger partial charge in [-0.25, -0.2) is 0 Å². The number of hydrogen-bond acceptors (Lipinski definition) is 2. The average Bonchev–Trinajstić information content (AvgIpc) is 2.30. The van der Waals surface area contributed by atoms with Gasteiger partial charge >= 0.3 is 5.97 Å². The van der Waals surface area contributed by atoms with Crippen LogP contribution in [0.3, 0.4) is 0 Å². The van der Waals surface area contributed by atoms with Crippen LogP contribution in [0, 0.1) is 0 Å². The molecule has 0 radical (unpaired) electrons. The summed E-state index contributed by atoms with van der Waals surface area (Å²) in [5.74, 6) is 0.853. The maximum atomic E-state index is 11.0. The molecule has 0 spiro atoms. The van der Waals surface area contributed by atoms with Crippen LogP contribution in [-0.4, -0.2) is 5.97 Å². The molecule has 0 aliphatic heterocycles. The lowest BCUT2D eigenvalue weighted by atomic mass is 9.93. The highest BCUT2D eigenvalue weighted by atomic mass is 16.5. The minimum absolute atomic E-state index is 0.261. The molecule has 0 bridgehead atoms. The van der Waals surface area contributed by atoms with Gasteiger partial charge in [0.05, 0.1) is 0 Å². The van der Waals surface area contributed by atoms with Crippen molar-refractivity contribution in [3.05, 3.63) is 29.3 Å². The summed E-state index contributed by atoms with van der Waals surface area (Å²) >= 11 is 0. The average molecular weight is 248 g/mol. The molecule has 0 amide bonds. The minimum Gasteiger partial charge on any atom is -0.427 e. The van der Waals surface area contributed by atoms with Crippen LogP contribution in [0.25, 0.3) is 0 Å². The van der Waals surface area contributed by atoms with Crippen molar-refractivity contribution >= 4 is 5.97 Å². The van der Waals surface area contributed by atoms with Crippen molar-refractivity contribution in [1.29, 1.82) is 0 Å². The number of unbranched alkanes of at least 4 members (excludes halogenated alkanes) is 2. The Balaban J connectivity index is 2.86. The second-order valence-electron chi connectivity index (χ2n) is 5.07. The van der Waals surface area contributed by atoms with Crippen LogP contribution in [-0.2, 0) is 11.2 Å². The molecule has 18 heavy (non-hydrogen) atoms. The highest BCUT2D eigenvalue weighted by Gasteiger charge is 2.09. The van der Waals surface area contributed by atoms with Gasteiger partial charge in [0.2, 0.25) is 0 Å². The summed E-state index contributed by atoms with van der Waals surface area (Å²) in [5, 5.41) is 0. The molecule has 100 valence electrons. The first kappa shape index (κ1) is 14.7. The zero-order chi connectivity index (χ0) is 13.5. The third-order valence-electron chi connectivity index (χ3n) is 3.05. The van der Waals surface area contributed by atoms with E-state index in [9.17, 15) is 4.79 Å². The van der Waals surface area contributed by atoms with Crippen LogP contribution < -0.4 is 4.74 Å². The molecule has 0 heterocycles. The molecule has 2 nitrogen and oxygen atoms in total. The predicted octanol–water partition coefficient (Wildman–Crippen LogP) is 4.47. The zero-order valence-corrected chi connectivity index (χ0v) is 12.0. The highest BCUT2D eigenvalue weighted by Crippen LogP contribution is 2.26. The molecule has 1 rings (SSSR count). The molecule has 0 atom stereocenters.